The summed E-state index contributed by atoms with van der Waals surface area (Å²) in [5.41, 5.74) is 3.09. The van der Waals surface area contributed by atoms with Gasteiger partial charge in [0, 0.05) is 29.7 Å². The first-order chi connectivity index (χ1) is 15.7. The lowest BCUT2D eigenvalue weighted by atomic mass is 10.1. The zero-order chi connectivity index (χ0) is 23.6. The van der Waals surface area contributed by atoms with E-state index >= 15 is 0 Å². The third kappa shape index (κ3) is 5.17. The maximum absolute atomic E-state index is 14.1. The summed E-state index contributed by atoms with van der Waals surface area (Å²) in [6, 6.07) is 11.2. The number of anilines is 2. The first-order valence-corrected chi connectivity index (χ1v) is 11.5. The summed E-state index contributed by atoms with van der Waals surface area (Å²) in [4.78, 5) is 8.03. The molecule has 0 unspecified atom stereocenters. The second-order valence-electron chi connectivity index (χ2n) is 7.42. The molecule has 1 aromatic carbocycles. The molecule has 0 saturated carbocycles. The van der Waals surface area contributed by atoms with Crippen molar-refractivity contribution in [1.29, 1.82) is 0 Å². The number of sulfone groups is 1. The number of benzene rings is 1. The van der Waals surface area contributed by atoms with Crippen LogP contribution < -0.4 is 5.32 Å². The summed E-state index contributed by atoms with van der Waals surface area (Å²) in [6.07, 6.45) is 3.22. The molecular weight excluding hydrogens is 448 g/mol. The third-order valence-electron chi connectivity index (χ3n) is 4.91. The fourth-order valence-corrected chi connectivity index (χ4v) is 4.66. The van der Waals surface area contributed by atoms with Crippen molar-refractivity contribution < 1.29 is 17.2 Å². The summed E-state index contributed by atoms with van der Waals surface area (Å²) in [7, 11) is -4.06. The predicted molar refractivity (Wildman–Crippen MR) is 120 cm³/mol. The van der Waals surface area contributed by atoms with Crippen molar-refractivity contribution in [3.8, 4) is 11.1 Å². The third-order valence-corrected chi connectivity index (χ3v) is 6.61. The average Bonchev–Trinajstić information content (AvgIpc) is 2.77. The van der Waals surface area contributed by atoms with Gasteiger partial charge in [0.25, 0.3) is 0 Å². The lowest BCUT2D eigenvalue weighted by molar-refractivity contribution is 0.548. The van der Waals surface area contributed by atoms with Crippen molar-refractivity contribution in [3.63, 3.8) is 0 Å². The lowest BCUT2D eigenvalue weighted by Crippen LogP contribution is -2.09. The number of halogens is 2. The Morgan fingerprint density at radius 2 is 1.70 bits per heavy atom. The molecule has 0 bridgehead atoms. The molecule has 0 aliphatic heterocycles. The molecule has 0 amide bonds. The van der Waals surface area contributed by atoms with Crippen LogP contribution in [0.2, 0.25) is 0 Å². The van der Waals surface area contributed by atoms with Crippen LogP contribution in [0.25, 0.3) is 11.1 Å². The first-order valence-electron chi connectivity index (χ1n) is 9.88. The highest BCUT2D eigenvalue weighted by Crippen LogP contribution is 2.27. The van der Waals surface area contributed by atoms with Crippen LogP contribution in [0.3, 0.4) is 0 Å². The number of pyridine rings is 2. The van der Waals surface area contributed by atoms with Gasteiger partial charge in [-0.1, -0.05) is 0 Å². The molecule has 0 spiro atoms. The molecule has 4 aromatic rings. The lowest BCUT2D eigenvalue weighted by Gasteiger charge is -2.11. The van der Waals surface area contributed by atoms with Crippen LogP contribution >= 0.6 is 0 Å². The zero-order valence-corrected chi connectivity index (χ0v) is 18.6. The number of nitrogens with zero attached hydrogens (tertiary/aromatic N) is 4. The van der Waals surface area contributed by atoms with E-state index in [1.807, 2.05) is 13.0 Å². The molecule has 4 rings (SSSR count). The van der Waals surface area contributed by atoms with Gasteiger partial charge in [0.2, 0.25) is 0 Å². The number of hydrogen-bond donors (Lipinski definition) is 1. The van der Waals surface area contributed by atoms with Crippen LogP contribution in [-0.2, 0) is 15.6 Å². The minimum Gasteiger partial charge on any atom is -0.323 e. The van der Waals surface area contributed by atoms with Crippen molar-refractivity contribution >= 4 is 21.5 Å². The van der Waals surface area contributed by atoms with Gasteiger partial charge in [0.15, 0.2) is 15.7 Å². The maximum atomic E-state index is 14.1. The van der Waals surface area contributed by atoms with E-state index in [0.717, 1.165) is 23.4 Å². The summed E-state index contributed by atoms with van der Waals surface area (Å²) >= 11 is 0. The summed E-state index contributed by atoms with van der Waals surface area (Å²) in [5, 5.41) is 11.1. The Morgan fingerprint density at radius 1 is 0.879 bits per heavy atom. The van der Waals surface area contributed by atoms with Gasteiger partial charge in [-0.15, -0.1) is 5.10 Å². The molecule has 0 aliphatic carbocycles. The monoisotopic (exact) mass is 467 g/mol. The van der Waals surface area contributed by atoms with E-state index in [4.69, 9.17) is 0 Å². The van der Waals surface area contributed by atoms with Gasteiger partial charge in [0.1, 0.15) is 22.3 Å². The molecule has 0 fully saturated rings. The molecule has 7 nitrogen and oxygen atoms in total. The molecule has 168 valence electrons. The standard InChI is InChI=1S/C23H19F2N5O2S/c1-14-3-6-22(30-29-14)28-23-10-16(7-8-26-23)17-9-18(15(2)27-12-17)13-33(31,32)21-5-4-19(24)11-20(21)25/h3-12H,13H2,1-2H3,(H,26,28,30). The van der Waals surface area contributed by atoms with Crippen LogP contribution in [0.1, 0.15) is 17.0 Å². The molecule has 33 heavy (non-hydrogen) atoms. The van der Waals surface area contributed by atoms with Gasteiger partial charge < -0.3 is 5.32 Å². The second kappa shape index (κ2) is 8.99. The van der Waals surface area contributed by atoms with Gasteiger partial charge in [-0.2, -0.15) is 5.10 Å². The molecule has 3 aromatic heterocycles. The topological polar surface area (TPSA) is 97.7 Å². The first kappa shape index (κ1) is 22.4. The SMILES string of the molecule is Cc1ccc(Nc2cc(-c3cnc(C)c(CS(=O)(=O)c4ccc(F)cc4F)c3)ccn2)nn1. The van der Waals surface area contributed by atoms with E-state index in [1.54, 1.807) is 43.6 Å². The van der Waals surface area contributed by atoms with Crippen molar-refractivity contribution in [2.24, 2.45) is 0 Å². The number of rotatable bonds is 6. The van der Waals surface area contributed by atoms with Crippen molar-refractivity contribution in [3.05, 3.63) is 89.5 Å². The minimum atomic E-state index is -4.06. The van der Waals surface area contributed by atoms with Gasteiger partial charge in [-0.3, -0.25) is 4.98 Å². The van der Waals surface area contributed by atoms with Gasteiger partial charge in [0.05, 0.1) is 11.4 Å². The van der Waals surface area contributed by atoms with Gasteiger partial charge in [-0.05, 0) is 67.4 Å². The highest BCUT2D eigenvalue weighted by atomic mass is 32.2. The zero-order valence-electron chi connectivity index (χ0n) is 17.8. The van der Waals surface area contributed by atoms with E-state index in [1.165, 1.54) is 0 Å². The Labute approximate surface area is 189 Å². The second-order valence-corrected chi connectivity index (χ2v) is 9.38. The smallest absolute Gasteiger partial charge is 0.185 e. The van der Waals surface area contributed by atoms with E-state index in [9.17, 15) is 17.2 Å². The average molecular weight is 468 g/mol. The normalized spacial score (nSPS) is 11.4. The van der Waals surface area contributed by atoms with Crippen molar-refractivity contribution in [1.82, 2.24) is 20.2 Å². The van der Waals surface area contributed by atoms with Crippen LogP contribution in [-0.4, -0.2) is 28.6 Å². The molecular formula is C23H19F2N5O2S. The Balaban J connectivity index is 1.63. The van der Waals surface area contributed by atoms with Gasteiger partial charge >= 0.3 is 0 Å². The Kier molecular flexibility index (Phi) is 6.10. The van der Waals surface area contributed by atoms with Gasteiger partial charge in [-0.25, -0.2) is 22.2 Å². The predicted octanol–water partition coefficient (Wildman–Crippen LogP) is 4.55. The van der Waals surface area contributed by atoms with Crippen LogP contribution in [0.4, 0.5) is 20.4 Å². The fourth-order valence-electron chi connectivity index (χ4n) is 3.17. The molecule has 0 aliphatic rings. The molecule has 10 heteroatoms. The Morgan fingerprint density at radius 3 is 2.42 bits per heavy atom. The molecule has 0 radical (unpaired) electrons. The highest BCUT2D eigenvalue weighted by molar-refractivity contribution is 7.90. The van der Waals surface area contributed by atoms with Crippen LogP contribution in [0, 0.1) is 25.5 Å². The summed E-state index contributed by atoms with van der Waals surface area (Å²) in [6.45, 7) is 3.51. The van der Waals surface area contributed by atoms with Crippen molar-refractivity contribution in [2.45, 2.75) is 24.5 Å². The number of aromatic nitrogens is 4. The Bertz CT molecular complexity index is 1430. The van der Waals surface area contributed by atoms with Crippen LogP contribution in [0.15, 0.2) is 65.8 Å². The largest absolute Gasteiger partial charge is 0.323 e. The van der Waals surface area contributed by atoms with E-state index < -0.39 is 32.1 Å². The fraction of sp³-hybridized carbons (Fsp3) is 0.130. The van der Waals surface area contributed by atoms with E-state index in [2.05, 4.69) is 25.5 Å². The number of aryl methyl sites for hydroxylation is 2. The van der Waals surface area contributed by atoms with E-state index in [-0.39, 0.29) is 0 Å². The van der Waals surface area contributed by atoms with E-state index in [0.29, 0.717) is 34.5 Å². The quantitative estimate of drug-likeness (QED) is 0.416. The highest BCUT2D eigenvalue weighted by Gasteiger charge is 2.22. The summed E-state index contributed by atoms with van der Waals surface area (Å²) < 4.78 is 52.9. The minimum absolute atomic E-state index is 0.409. The Hall–Kier alpha value is -3.79. The molecule has 1 N–H and O–H groups in total. The number of hydrogen-bond acceptors (Lipinski definition) is 7. The maximum Gasteiger partial charge on any atom is 0.185 e. The molecule has 3 heterocycles. The summed E-state index contributed by atoms with van der Waals surface area (Å²) in [5.74, 6) is -1.39. The van der Waals surface area contributed by atoms with Crippen LogP contribution in [0.5, 0.6) is 0 Å². The number of nitrogens with one attached hydrogen (secondary N) is 1. The molecule has 0 saturated heterocycles. The molecule has 0 atom stereocenters. The van der Waals surface area contributed by atoms with Crippen molar-refractivity contribution in [2.75, 3.05) is 5.32 Å².